The van der Waals surface area contributed by atoms with Crippen molar-refractivity contribution in [3.8, 4) is 0 Å². The Morgan fingerprint density at radius 2 is 0.677 bits per heavy atom. The third-order valence-electron chi connectivity index (χ3n) is 5.92. The lowest BCUT2D eigenvalue weighted by Crippen LogP contribution is -2.58. The summed E-state index contributed by atoms with van der Waals surface area (Å²) < 4.78 is 1.54. The number of rotatable bonds is 9. The average Bonchev–Trinajstić information content (AvgIpc) is 2.64. The summed E-state index contributed by atoms with van der Waals surface area (Å²) in [6, 6.07) is 0. The smallest absolute Gasteiger partial charge is 0.296 e. The summed E-state index contributed by atoms with van der Waals surface area (Å²) in [6.45, 7) is 5.05. The van der Waals surface area contributed by atoms with Gasteiger partial charge in [0.05, 0.1) is 61.9 Å². The minimum Gasteiger partial charge on any atom is -0.318 e. The maximum atomic E-state index is 8.41. The second-order valence-electron chi connectivity index (χ2n) is 10.7. The molecule has 0 spiro atoms. The van der Waals surface area contributed by atoms with Crippen LogP contribution in [0, 0.1) is 16.2 Å². The van der Waals surface area contributed by atoms with Crippen molar-refractivity contribution in [2.45, 2.75) is 0 Å². The summed E-state index contributed by atoms with van der Waals surface area (Å²) in [7, 11) is 23.9. The molecule has 0 aliphatic heterocycles. The minimum absolute atomic E-state index is 0.515. The van der Waals surface area contributed by atoms with Crippen molar-refractivity contribution in [2.75, 3.05) is 124 Å². The van der Waals surface area contributed by atoms with Crippen molar-refractivity contribution in [3.05, 3.63) is 0 Å². The van der Waals surface area contributed by atoms with Gasteiger partial charge in [-0.1, -0.05) is 0 Å². The molecule has 3 N–H and O–H groups in total. The van der Waals surface area contributed by atoms with Gasteiger partial charge in [0.15, 0.2) is 0 Å². The molecule has 0 fully saturated rings. The van der Waals surface area contributed by atoms with Crippen LogP contribution in [-0.4, -0.2) is 175 Å². The first-order chi connectivity index (χ1) is 13.8. The molecule has 0 aromatic carbocycles. The lowest BCUT2D eigenvalue weighted by atomic mass is 10.3. The molecule has 182 valence electrons. The molecule has 0 rings (SSSR count). The van der Waals surface area contributed by atoms with Gasteiger partial charge in [-0.15, -0.1) is 0 Å². The molecular formula is C21H51N10+3. The largest absolute Gasteiger partial charge is 0.318 e. The molecule has 0 aromatic rings. The highest BCUT2D eigenvalue weighted by Crippen LogP contribution is 2.08. The third-order valence-corrected chi connectivity index (χ3v) is 5.92. The van der Waals surface area contributed by atoms with Gasteiger partial charge in [-0.05, 0) is 0 Å². The Labute approximate surface area is 191 Å². The zero-order valence-electron chi connectivity index (χ0n) is 22.4. The van der Waals surface area contributed by atoms with E-state index < -0.39 is 0 Å². The summed E-state index contributed by atoms with van der Waals surface area (Å²) in [5.74, 6) is 1.74. The molecule has 0 saturated heterocycles. The fourth-order valence-corrected chi connectivity index (χ4v) is 3.45. The van der Waals surface area contributed by atoms with Crippen LogP contribution in [0.15, 0.2) is 0 Å². The molecule has 10 heteroatoms. The summed E-state index contributed by atoms with van der Waals surface area (Å²) in [4.78, 5) is 8.01. The Kier molecular flexibility index (Phi) is 10.6. The number of guanidine groups is 3. The fraction of sp³-hybridized carbons (Fsp3) is 0.857. The Morgan fingerprint density at radius 1 is 0.484 bits per heavy atom. The number of hydrogen-bond acceptors (Lipinski definition) is 4. The van der Waals surface area contributed by atoms with Crippen molar-refractivity contribution in [1.82, 2.24) is 19.6 Å². The summed E-state index contributed by atoms with van der Waals surface area (Å²) in [6.07, 6.45) is 0. The van der Waals surface area contributed by atoms with Crippen molar-refractivity contribution >= 4 is 17.9 Å². The van der Waals surface area contributed by atoms with Crippen molar-refractivity contribution in [2.24, 2.45) is 0 Å². The summed E-state index contributed by atoms with van der Waals surface area (Å²) in [5.41, 5.74) is 0. The van der Waals surface area contributed by atoms with E-state index in [2.05, 4.69) is 47.2 Å². The van der Waals surface area contributed by atoms with E-state index in [1.54, 1.807) is 0 Å². The predicted molar refractivity (Wildman–Crippen MR) is 132 cm³/mol. The van der Waals surface area contributed by atoms with Crippen molar-refractivity contribution < 1.29 is 13.4 Å². The van der Waals surface area contributed by atoms with Crippen LogP contribution in [0.25, 0.3) is 0 Å². The Bertz CT molecular complexity index is 534. The van der Waals surface area contributed by atoms with Gasteiger partial charge in [-0.2, -0.15) is 0 Å². The highest BCUT2D eigenvalue weighted by molar-refractivity contribution is 5.69. The van der Waals surface area contributed by atoms with Crippen LogP contribution in [0.1, 0.15) is 0 Å². The SMILES string of the molecule is CN(C)C(=N)[N+](C)(C)CCN(CC[N+](C)(C)C(=N)N(C)C)CC[N+](C)(C)C(=N)N(C)C. The van der Waals surface area contributed by atoms with Gasteiger partial charge in [0, 0.05) is 61.9 Å². The van der Waals surface area contributed by atoms with E-state index in [0.717, 1.165) is 39.3 Å². The zero-order chi connectivity index (χ0) is 24.8. The minimum atomic E-state index is 0.515. The number of likely N-dealkylation sites (N-methyl/N-ethyl adjacent to an activating group) is 3. The molecule has 0 aliphatic carbocycles. The molecular weight excluding hydrogens is 392 g/mol. The first-order valence-electron chi connectivity index (χ1n) is 10.9. The van der Waals surface area contributed by atoms with Crippen molar-refractivity contribution in [1.29, 1.82) is 16.2 Å². The molecule has 0 aromatic heterocycles. The van der Waals surface area contributed by atoms with Crippen LogP contribution in [-0.2, 0) is 0 Å². The molecule has 0 amide bonds. The first-order valence-corrected chi connectivity index (χ1v) is 10.9. The monoisotopic (exact) mass is 443 g/mol. The molecule has 0 saturated carbocycles. The maximum Gasteiger partial charge on any atom is 0.296 e. The lowest BCUT2D eigenvalue weighted by molar-refractivity contribution is -0.811. The van der Waals surface area contributed by atoms with Crippen LogP contribution in [0.4, 0.5) is 0 Å². The molecule has 0 aliphatic rings. The molecule has 0 radical (unpaired) electrons. The maximum absolute atomic E-state index is 8.41. The molecule has 0 heterocycles. The van der Waals surface area contributed by atoms with E-state index in [9.17, 15) is 0 Å². The van der Waals surface area contributed by atoms with Gasteiger partial charge < -0.3 is 14.7 Å². The quantitative estimate of drug-likeness (QED) is 0.266. The van der Waals surface area contributed by atoms with E-state index in [0.29, 0.717) is 31.3 Å². The second kappa shape index (κ2) is 11.2. The lowest BCUT2D eigenvalue weighted by Gasteiger charge is -2.38. The molecule has 10 nitrogen and oxygen atoms in total. The van der Waals surface area contributed by atoms with Gasteiger partial charge in [0.1, 0.15) is 0 Å². The highest BCUT2D eigenvalue weighted by Gasteiger charge is 2.30. The third kappa shape index (κ3) is 9.10. The molecule has 31 heavy (non-hydrogen) atoms. The van der Waals surface area contributed by atoms with Crippen LogP contribution >= 0.6 is 0 Å². The highest BCUT2D eigenvalue weighted by atomic mass is 15.5. The van der Waals surface area contributed by atoms with Gasteiger partial charge in [0.25, 0.3) is 17.9 Å². The second-order valence-corrected chi connectivity index (χ2v) is 10.7. The van der Waals surface area contributed by atoms with Crippen LogP contribution in [0.3, 0.4) is 0 Å². The standard InChI is InChI=1S/C21H51N10/c1-25(2)19(22)29(7,8)16-13-28(14-17-30(9,10)20(23)26(3)4)15-18-31(11,12)21(24)27(5)6/h22-24H,13-18H2,1-12H3/q+3. The van der Waals surface area contributed by atoms with Crippen LogP contribution in [0.2, 0.25) is 0 Å². The number of hydrogen-bond donors (Lipinski definition) is 3. The van der Waals surface area contributed by atoms with Gasteiger partial charge in [0.2, 0.25) is 0 Å². The number of nitrogens with one attached hydrogen (secondary N) is 3. The van der Waals surface area contributed by atoms with E-state index in [1.165, 1.54) is 0 Å². The van der Waals surface area contributed by atoms with Gasteiger partial charge in [-0.3, -0.25) is 18.3 Å². The number of quaternary nitrogens is 3. The molecule has 0 bridgehead atoms. The van der Waals surface area contributed by atoms with E-state index in [-0.39, 0.29) is 0 Å². The average molecular weight is 444 g/mol. The normalized spacial score (nSPS) is 12.7. The van der Waals surface area contributed by atoms with Crippen LogP contribution in [0.5, 0.6) is 0 Å². The van der Waals surface area contributed by atoms with Gasteiger partial charge >= 0.3 is 0 Å². The fourth-order valence-electron chi connectivity index (χ4n) is 3.45. The molecule has 0 atom stereocenters. The van der Waals surface area contributed by atoms with Crippen LogP contribution < -0.4 is 0 Å². The van der Waals surface area contributed by atoms with E-state index in [1.807, 2.05) is 57.0 Å². The topological polar surface area (TPSA) is 84.5 Å². The first kappa shape index (κ1) is 29.2. The Balaban J connectivity index is 5.36. The van der Waals surface area contributed by atoms with Crippen molar-refractivity contribution in [3.63, 3.8) is 0 Å². The molecule has 0 unspecified atom stereocenters. The Hall–Kier alpha value is -1.75. The summed E-state index contributed by atoms with van der Waals surface area (Å²) in [5, 5.41) is 25.2. The van der Waals surface area contributed by atoms with Gasteiger partial charge in [-0.25, -0.2) is 16.2 Å². The Morgan fingerprint density at radius 3 is 0.839 bits per heavy atom. The zero-order valence-corrected chi connectivity index (χ0v) is 22.4. The summed E-state index contributed by atoms with van der Waals surface area (Å²) >= 11 is 0. The predicted octanol–water partition coefficient (Wildman–Crippen LogP) is 0.00671. The number of nitrogens with zero attached hydrogens (tertiary/aromatic N) is 7. The van der Waals surface area contributed by atoms with E-state index in [4.69, 9.17) is 16.2 Å². The van der Waals surface area contributed by atoms with E-state index >= 15 is 0 Å².